The molecule has 4 nitrogen and oxygen atoms in total. The van der Waals surface area contributed by atoms with Gasteiger partial charge >= 0.3 is 0 Å². The molecule has 0 unspecified atom stereocenters. The Hall–Kier alpha value is -2.86. The summed E-state index contributed by atoms with van der Waals surface area (Å²) in [5.74, 6) is 0.749. The van der Waals surface area contributed by atoms with Crippen LogP contribution < -0.4 is 10.2 Å². The van der Waals surface area contributed by atoms with Crippen LogP contribution in [0.1, 0.15) is 11.1 Å². The summed E-state index contributed by atoms with van der Waals surface area (Å²) in [6, 6.07) is 23.1. The minimum Gasteiger partial charge on any atom is -0.489 e. The van der Waals surface area contributed by atoms with E-state index in [-0.39, 0.29) is 0 Å². The van der Waals surface area contributed by atoms with Crippen molar-refractivity contribution in [3.05, 3.63) is 99.3 Å². The lowest BCUT2D eigenvalue weighted by atomic mass is 10.2. The fraction of sp³-hybridized carbons (Fsp3) is 0.0435. The summed E-state index contributed by atoms with van der Waals surface area (Å²) in [5, 5.41) is 8.21. The molecule has 7 heteroatoms. The van der Waals surface area contributed by atoms with Gasteiger partial charge in [-0.1, -0.05) is 59.6 Å². The van der Waals surface area contributed by atoms with E-state index in [0.29, 0.717) is 16.7 Å². The highest BCUT2D eigenvalue weighted by molar-refractivity contribution is 7.14. The number of ether oxygens (including phenoxy) is 1. The Morgan fingerprint density at radius 3 is 2.57 bits per heavy atom. The molecule has 0 aliphatic rings. The van der Waals surface area contributed by atoms with Gasteiger partial charge in [-0.15, -0.1) is 11.3 Å². The summed E-state index contributed by atoms with van der Waals surface area (Å²) in [5.41, 5.74) is 6.82. The molecule has 4 aromatic rings. The third kappa shape index (κ3) is 5.39. The van der Waals surface area contributed by atoms with Crippen molar-refractivity contribution in [2.24, 2.45) is 5.10 Å². The van der Waals surface area contributed by atoms with Crippen LogP contribution in [0.4, 0.5) is 5.13 Å². The summed E-state index contributed by atoms with van der Waals surface area (Å²) in [6.45, 7) is 0.374. The third-order valence-corrected chi connectivity index (χ3v) is 5.57. The van der Waals surface area contributed by atoms with E-state index in [1.165, 1.54) is 11.3 Å². The molecule has 0 amide bonds. The van der Waals surface area contributed by atoms with Crippen LogP contribution in [0.15, 0.2) is 83.3 Å². The predicted molar refractivity (Wildman–Crippen MR) is 126 cm³/mol. The van der Waals surface area contributed by atoms with E-state index < -0.39 is 0 Å². The topological polar surface area (TPSA) is 46.5 Å². The second-order valence-corrected chi connectivity index (χ2v) is 8.07. The van der Waals surface area contributed by atoms with Crippen molar-refractivity contribution in [3.63, 3.8) is 0 Å². The molecule has 150 valence electrons. The van der Waals surface area contributed by atoms with Crippen molar-refractivity contribution in [1.29, 1.82) is 0 Å². The van der Waals surface area contributed by atoms with E-state index in [1.807, 2.05) is 66.0 Å². The Kier molecular flexibility index (Phi) is 6.64. The van der Waals surface area contributed by atoms with Gasteiger partial charge in [0, 0.05) is 26.6 Å². The zero-order chi connectivity index (χ0) is 20.8. The third-order valence-electron chi connectivity index (χ3n) is 4.24. The largest absolute Gasteiger partial charge is 0.489 e. The van der Waals surface area contributed by atoms with Gasteiger partial charge in [-0.25, -0.2) is 4.98 Å². The second kappa shape index (κ2) is 9.76. The first-order valence-corrected chi connectivity index (χ1v) is 10.8. The van der Waals surface area contributed by atoms with Crippen molar-refractivity contribution in [2.75, 3.05) is 5.43 Å². The molecule has 3 aromatic carbocycles. The van der Waals surface area contributed by atoms with E-state index in [0.717, 1.165) is 33.3 Å². The first-order chi connectivity index (χ1) is 14.7. The number of anilines is 1. The maximum Gasteiger partial charge on any atom is 0.203 e. The SMILES string of the molecule is Clc1ccc(COc2ccc(/C=N\Nc3nc(-c4ccccc4)cs3)cc2)c(Cl)c1. The first kappa shape index (κ1) is 20.4. The number of hydrogen-bond donors (Lipinski definition) is 1. The number of benzene rings is 3. The average molecular weight is 454 g/mol. The molecule has 1 aromatic heterocycles. The van der Waals surface area contributed by atoms with Crippen molar-refractivity contribution < 1.29 is 4.74 Å². The second-order valence-electron chi connectivity index (χ2n) is 6.37. The lowest BCUT2D eigenvalue weighted by Gasteiger charge is -2.08. The number of hydrazone groups is 1. The van der Waals surface area contributed by atoms with Gasteiger partial charge in [0.2, 0.25) is 5.13 Å². The van der Waals surface area contributed by atoms with Gasteiger partial charge in [0.15, 0.2) is 0 Å². The molecule has 0 radical (unpaired) electrons. The number of halogens is 2. The van der Waals surface area contributed by atoms with Crippen LogP contribution >= 0.6 is 34.5 Å². The van der Waals surface area contributed by atoms with Crippen LogP contribution in [-0.4, -0.2) is 11.2 Å². The molecule has 0 saturated heterocycles. The molecular weight excluding hydrogens is 437 g/mol. The van der Waals surface area contributed by atoms with Crippen LogP contribution in [0.2, 0.25) is 10.0 Å². The smallest absolute Gasteiger partial charge is 0.203 e. The number of hydrogen-bond acceptors (Lipinski definition) is 5. The number of nitrogens with zero attached hydrogens (tertiary/aromatic N) is 2. The fourth-order valence-corrected chi connectivity index (χ4v) is 3.81. The van der Waals surface area contributed by atoms with Gasteiger partial charge in [0.25, 0.3) is 0 Å². The Labute approximate surface area is 188 Å². The van der Waals surface area contributed by atoms with Gasteiger partial charge < -0.3 is 4.74 Å². The van der Waals surface area contributed by atoms with E-state index in [1.54, 1.807) is 18.3 Å². The molecule has 0 atom stereocenters. The van der Waals surface area contributed by atoms with Gasteiger partial charge in [-0.3, -0.25) is 5.43 Å². The summed E-state index contributed by atoms with van der Waals surface area (Å²) >= 11 is 13.6. The molecular formula is C23H17Cl2N3OS. The molecule has 0 bridgehead atoms. The molecule has 1 N–H and O–H groups in total. The monoisotopic (exact) mass is 453 g/mol. The van der Waals surface area contributed by atoms with E-state index in [2.05, 4.69) is 15.5 Å². The van der Waals surface area contributed by atoms with Gasteiger partial charge in [0.1, 0.15) is 12.4 Å². The molecule has 4 rings (SSSR count). The van der Waals surface area contributed by atoms with Crippen molar-refractivity contribution in [1.82, 2.24) is 4.98 Å². The van der Waals surface area contributed by atoms with Crippen molar-refractivity contribution in [3.8, 4) is 17.0 Å². The quantitative estimate of drug-likeness (QED) is 0.238. The van der Waals surface area contributed by atoms with Gasteiger partial charge in [0.05, 0.1) is 11.9 Å². The van der Waals surface area contributed by atoms with E-state index in [4.69, 9.17) is 27.9 Å². The molecule has 30 heavy (non-hydrogen) atoms. The minimum absolute atomic E-state index is 0.374. The highest BCUT2D eigenvalue weighted by Crippen LogP contribution is 2.25. The number of rotatable bonds is 7. The van der Waals surface area contributed by atoms with Gasteiger partial charge in [-0.05, 0) is 42.0 Å². The summed E-state index contributed by atoms with van der Waals surface area (Å²) in [6.07, 6.45) is 1.74. The number of aromatic nitrogens is 1. The Bertz CT molecular complexity index is 1140. The lowest BCUT2D eigenvalue weighted by molar-refractivity contribution is 0.306. The number of nitrogens with one attached hydrogen (secondary N) is 1. The number of thiazole rings is 1. The molecule has 0 fully saturated rings. The Morgan fingerprint density at radius 2 is 1.80 bits per heavy atom. The van der Waals surface area contributed by atoms with Crippen LogP contribution in [-0.2, 0) is 6.61 Å². The zero-order valence-electron chi connectivity index (χ0n) is 15.8. The van der Waals surface area contributed by atoms with Crippen LogP contribution in [0.25, 0.3) is 11.3 Å². The van der Waals surface area contributed by atoms with Crippen LogP contribution in [0.3, 0.4) is 0 Å². The summed E-state index contributed by atoms with van der Waals surface area (Å²) in [7, 11) is 0. The fourth-order valence-electron chi connectivity index (χ4n) is 2.68. The molecule has 1 heterocycles. The first-order valence-electron chi connectivity index (χ1n) is 9.14. The Balaban J connectivity index is 1.31. The highest BCUT2D eigenvalue weighted by atomic mass is 35.5. The normalized spacial score (nSPS) is 11.0. The van der Waals surface area contributed by atoms with Crippen molar-refractivity contribution >= 4 is 45.9 Å². The molecule has 0 aliphatic heterocycles. The predicted octanol–water partition coefficient (Wildman–Crippen LogP) is 7.14. The van der Waals surface area contributed by atoms with Gasteiger partial charge in [-0.2, -0.15) is 5.10 Å². The standard InChI is InChI=1S/C23H17Cl2N3OS/c24-19-9-8-18(21(25)12-19)14-29-20-10-6-16(7-11-20)13-26-28-23-27-22(15-30-23)17-4-2-1-3-5-17/h1-13,15H,14H2,(H,27,28)/b26-13-. The summed E-state index contributed by atoms with van der Waals surface area (Å²) in [4.78, 5) is 4.55. The maximum absolute atomic E-state index is 6.17. The van der Waals surface area contributed by atoms with Crippen molar-refractivity contribution in [2.45, 2.75) is 6.61 Å². The van der Waals surface area contributed by atoms with E-state index in [9.17, 15) is 0 Å². The molecule has 0 saturated carbocycles. The average Bonchev–Trinajstić information content (AvgIpc) is 3.24. The van der Waals surface area contributed by atoms with Crippen LogP contribution in [0, 0.1) is 0 Å². The summed E-state index contributed by atoms with van der Waals surface area (Å²) < 4.78 is 5.79. The van der Waals surface area contributed by atoms with Crippen LogP contribution in [0.5, 0.6) is 5.75 Å². The molecule has 0 aliphatic carbocycles. The minimum atomic E-state index is 0.374. The maximum atomic E-state index is 6.17. The van der Waals surface area contributed by atoms with E-state index >= 15 is 0 Å². The highest BCUT2D eigenvalue weighted by Gasteiger charge is 2.04. The lowest BCUT2D eigenvalue weighted by Crippen LogP contribution is -1.96. The molecule has 0 spiro atoms. The Morgan fingerprint density at radius 1 is 1.00 bits per heavy atom. The zero-order valence-corrected chi connectivity index (χ0v) is 18.1.